The number of nitrogens with zero attached hydrogens (tertiary/aromatic N) is 1. The van der Waals surface area contributed by atoms with Crippen molar-refractivity contribution < 1.29 is 4.79 Å². The van der Waals surface area contributed by atoms with Gasteiger partial charge in [0.15, 0.2) is 0 Å². The fourth-order valence-corrected chi connectivity index (χ4v) is 1.49. The molecule has 1 N–H and O–H groups in total. The molecular weight excluding hydrogens is 200 g/mol. The summed E-state index contributed by atoms with van der Waals surface area (Å²) in [6.07, 6.45) is 0.247. The Kier molecular flexibility index (Phi) is 4.07. The summed E-state index contributed by atoms with van der Waals surface area (Å²) in [6.45, 7) is 5.67. The molecule has 1 aromatic carbocycles. The van der Waals surface area contributed by atoms with Crippen molar-refractivity contribution in [1.82, 2.24) is 0 Å². The minimum Gasteiger partial charge on any atom is -0.325 e. The van der Waals surface area contributed by atoms with Crippen LogP contribution in [0.25, 0.3) is 0 Å². The van der Waals surface area contributed by atoms with E-state index in [9.17, 15) is 4.79 Å². The minimum absolute atomic E-state index is 0.0982. The highest BCUT2D eigenvalue weighted by Gasteiger charge is 2.14. The predicted octanol–water partition coefficient (Wildman–Crippen LogP) is 2.79. The van der Waals surface area contributed by atoms with Gasteiger partial charge in [-0.15, -0.1) is 0 Å². The van der Waals surface area contributed by atoms with Crippen LogP contribution in [0, 0.1) is 31.1 Å². The number of nitrogens with one attached hydrogen (secondary N) is 1. The molecule has 0 fully saturated rings. The highest BCUT2D eigenvalue weighted by atomic mass is 16.1. The van der Waals surface area contributed by atoms with Gasteiger partial charge in [0, 0.05) is 18.0 Å². The maximum atomic E-state index is 11.7. The van der Waals surface area contributed by atoms with Gasteiger partial charge in [0.1, 0.15) is 0 Å². The molecule has 0 bridgehead atoms. The normalized spacial score (nSPS) is 11.6. The van der Waals surface area contributed by atoms with Gasteiger partial charge in [-0.1, -0.05) is 25.1 Å². The largest absolute Gasteiger partial charge is 0.325 e. The third-order valence-corrected chi connectivity index (χ3v) is 2.57. The molecule has 1 aromatic rings. The average molecular weight is 216 g/mol. The van der Waals surface area contributed by atoms with Gasteiger partial charge in [0.2, 0.25) is 5.91 Å². The molecule has 0 heterocycles. The first-order valence-electron chi connectivity index (χ1n) is 5.30. The molecule has 0 spiro atoms. The van der Waals surface area contributed by atoms with E-state index in [1.165, 1.54) is 0 Å². The first-order valence-corrected chi connectivity index (χ1v) is 5.30. The van der Waals surface area contributed by atoms with Gasteiger partial charge < -0.3 is 5.32 Å². The van der Waals surface area contributed by atoms with Crippen LogP contribution in [0.5, 0.6) is 0 Å². The van der Waals surface area contributed by atoms with Crippen LogP contribution in [0.1, 0.15) is 24.5 Å². The average Bonchev–Trinajstić information content (AvgIpc) is 2.23. The topological polar surface area (TPSA) is 52.9 Å². The maximum Gasteiger partial charge on any atom is 0.228 e. The van der Waals surface area contributed by atoms with Crippen molar-refractivity contribution in [2.45, 2.75) is 27.2 Å². The van der Waals surface area contributed by atoms with Crippen molar-refractivity contribution in [2.75, 3.05) is 5.32 Å². The zero-order chi connectivity index (χ0) is 12.1. The lowest BCUT2D eigenvalue weighted by Crippen LogP contribution is -2.21. The van der Waals surface area contributed by atoms with Crippen LogP contribution in [0.2, 0.25) is 0 Å². The van der Waals surface area contributed by atoms with Crippen molar-refractivity contribution in [3.8, 4) is 6.07 Å². The molecule has 0 aliphatic carbocycles. The Hall–Kier alpha value is -1.82. The van der Waals surface area contributed by atoms with E-state index in [4.69, 9.17) is 5.26 Å². The molecule has 84 valence electrons. The summed E-state index contributed by atoms with van der Waals surface area (Å²) in [5.74, 6) is -0.372. The first-order chi connectivity index (χ1) is 7.56. The molecule has 16 heavy (non-hydrogen) atoms. The summed E-state index contributed by atoms with van der Waals surface area (Å²) < 4.78 is 0. The number of amides is 1. The number of carbonyl (C=O) groups is 1. The molecule has 1 rings (SSSR count). The van der Waals surface area contributed by atoms with Crippen LogP contribution in [-0.4, -0.2) is 5.91 Å². The summed E-state index contributed by atoms with van der Waals surface area (Å²) in [5.41, 5.74) is 2.94. The molecule has 0 aromatic heterocycles. The Balaban J connectivity index is 2.82. The number of nitriles is 1. The Bertz CT molecular complexity index is 412. The monoisotopic (exact) mass is 216 g/mol. The molecule has 3 heteroatoms. The number of aryl methyl sites for hydroxylation is 2. The van der Waals surface area contributed by atoms with E-state index in [-0.39, 0.29) is 18.2 Å². The van der Waals surface area contributed by atoms with Crippen LogP contribution < -0.4 is 5.32 Å². The first kappa shape index (κ1) is 12.3. The van der Waals surface area contributed by atoms with Gasteiger partial charge in [-0.25, -0.2) is 0 Å². The van der Waals surface area contributed by atoms with Crippen molar-refractivity contribution >= 4 is 11.6 Å². The number of rotatable bonds is 3. The summed E-state index contributed by atoms with van der Waals surface area (Å²) in [5, 5.41) is 11.4. The van der Waals surface area contributed by atoms with E-state index >= 15 is 0 Å². The van der Waals surface area contributed by atoms with Crippen molar-refractivity contribution in [3.05, 3.63) is 29.3 Å². The van der Waals surface area contributed by atoms with Gasteiger partial charge >= 0.3 is 0 Å². The van der Waals surface area contributed by atoms with Crippen LogP contribution in [0.4, 0.5) is 5.69 Å². The minimum atomic E-state index is -0.274. The fraction of sp³-hybridized carbons (Fsp3) is 0.385. The smallest absolute Gasteiger partial charge is 0.228 e. The van der Waals surface area contributed by atoms with Crippen LogP contribution in [0.15, 0.2) is 18.2 Å². The summed E-state index contributed by atoms with van der Waals surface area (Å²) in [6, 6.07) is 7.87. The quantitative estimate of drug-likeness (QED) is 0.844. The van der Waals surface area contributed by atoms with E-state index in [1.54, 1.807) is 6.92 Å². The van der Waals surface area contributed by atoms with Gasteiger partial charge in [0.25, 0.3) is 0 Å². The second kappa shape index (κ2) is 5.32. The highest BCUT2D eigenvalue weighted by molar-refractivity contribution is 5.93. The number of hydrogen-bond acceptors (Lipinski definition) is 2. The van der Waals surface area contributed by atoms with Gasteiger partial charge in [-0.05, 0) is 25.0 Å². The summed E-state index contributed by atoms with van der Waals surface area (Å²) in [7, 11) is 0. The maximum absolute atomic E-state index is 11.7. The van der Waals surface area contributed by atoms with Gasteiger partial charge in [-0.2, -0.15) is 5.26 Å². The lowest BCUT2D eigenvalue weighted by atomic mass is 10.1. The summed E-state index contributed by atoms with van der Waals surface area (Å²) in [4.78, 5) is 11.7. The Morgan fingerprint density at radius 1 is 1.44 bits per heavy atom. The van der Waals surface area contributed by atoms with E-state index in [0.717, 1.165) is 16.8 Å². The molecule has 0 radical (unpaired) electrons. The number of hydrogen-bond donors (Lipinski definition) is 1. The van der Waals surface area contributed by atoms with Crippen LogP contribution in [-0.2, 0) is 4.79 Å². The van der Waals surface area contributed by atoms with E-state index in [0.29, 0.717) is 0 Å². The Morgan fingerprint density at radius 3 is 2.50 bits per heavy atom. The fourth-order valence-electron chi connectivity index (χ4n) is 1.49. The third-order valence-electron chi connectivity index (χ3n) is 2.57. The summed E-state index contributed by atoms with van der Waals surface area (Å²) >= 11 is 0. The third kappa shape index (κ3) is 2.83. The molecule has 1 atom stereocenters. The zero-order valence-electron chi connectivity index (χ0n) is 9.87. The van der Waals surface area contributed by atoms with Crippen LogP contribution >= 0.6 is 0 Å². The predicted molar refractivity (Wildman–Crippen MR) is 63.9 cm³/mol. The molecule has 0 saturated heterocycles. The van der Waals surface area contributed by atoms with Crippen molar-refractivity contribution in [1.29, 1.82) is 5.26 Å². The lowest BCUT2D eigenvalue weighted by Gasteiger charge is -2.13. The van der Waals surface area contributed by atoms with Crippen LogP contribution in [0.3, 0.4) is 0 Å². The molecule has 0 saturated carbocycles. The van der Waals surface area contributed by atoms with E-state index in [2.05, 4.69) is 5.32 Å². The second-order valence-electron chi connectivity index (χ2n) is 4.02. The lowest BCUT2D eigenvalue weighted by molar-refractivity contribution is -0.119. The molecule has 1 amide bonds. The van der Waals surface area contributed by atoms with Gasteiger partial charge in [0.05, 0.1) is 6.07 Å². The highest BCUT2D eigenvalue weighted by Crippen LogP contribution is 2.20. The zero-order valence-corrected chi connectivity index (χ0v) is 9.87. The van der Waals surface area contributed by atoms with Crippen molar-refractivity contribution in [2.24, 2.45) is 5.92 Å². The number of carbonyl (C=O) groups excluding carboxylic acids is 1. The van der Waals surface area contributed by atoms with E-state index in [1.807, 2.05) is 38.1 Å². The van der Waals surface area contributed by atoms with E-state index < -0.39 is 0 Å². The number of para-hydroxylation sites is 1. The van der Waals surface area contributed by atoms with Gasteiger partial charge in [-0.3, -0.25) is 4.79 Å². The standard InChI is InChI=1S/C13H16N2O/c1-9-5-4-6-10(2)12(9)15-13(16)11(3)7-8-14/h4-6,11H,7H2,1-3H3,(H,15,16). The second-order valence-corrected chi connectivity index (χ2v) is 4.02. The number of benzene rings is 1. The Labute approximate surface area is 96.1 Å². The van der Waals surface area contributed by atoms with Crippen molar-refractivity contribution in [3.63, 3.8) is 0 Å². The Morgan fingerprint density at radius 2 is 2.00 bits per heavy atom. The molecule has 0 aliphatic rings. The SMILES string of the molecule is Cc1cccc(C)c1NC(=O)C(C)CC#N. The molecule has 1 unspecified atom stereocenters. The molecule has 0 aliphatic heterocycles. The molecular formula is C13H16N2O. The number of anilines is 1. The molecule has 3 nitrogen and oxygen atoms in total.